The van der Waals surface area contributed by atoms with E-state index < -0.39 is 5.41 Å². The van der Waals surface area contributed by atoms with Crippen molar-refractivity contribution in [3.63, 3.8) is 0 Å². The summed E-state index contributed by atoms with van der Waals surface area (Å²) in [5.74, 6) is -0.734. The number of benzene rings is 1. The molecule has 3 rings (SSSR count). The van der Waals surface area contributed by atoms with Gasteiger partial charge in [0.15, 0.2) is 0 Å². The summed E-state index contributed by atoms with van der Waals surface area (Å²) in [4.78, 5) is 40.1. The Balaban J connectivity index is 1.56. The number of carbonyl (C=O) groups excluding carboxylic acids is 3. The zero-order chi connectivity index (χ0) is 18.0. The van der Waals surface area contributed by atoms with Crippen LogP contribution < -0.4 is 5.32 Å². The SMILES string of the molecule is CC(=O)N1CCN(C(=O)C2(C(=O)NCc3ccc(F)cc3)CC2)CC1. The van der Waals surface area contributed by atoms with E-state index in [4.69, 9.17) is 0 Å². The monoisotopic (exact) mass is 347 g/mol. The second-order valence-corrected chi connectivity index (χ2v) is 6.69. The fraction of sp³-hybridized carbons (Fsp3) is 0.500. The third-order valence-corrected chi connectivity index (χ3v) is 4.97. The summed E-state index contributed by atoms with van der Waals surface area (Å²) in [6.45, 7) is 3.73. The largest absolute Gasteiger partial charge is 0.351 e. The van der Waals surface area contributed by atoms with Crippen molar-refractivity contribution in [1.29, 1.82) is 0 Å². The van der Waals surface area contributed by atoms with Gasteiger partial charge in [0.25, 0.3) is 0 Å². The van der Waals surface area contributed by atoms with Gasteiger partial charge in [0.05, 0.1) is 0 Å². The van der Waals surface area contributed by atoms with Crippen LogP contribution in [0.25, 0.3) is 0 Å². The zero-order valence-corrected chi connectivity index (χ0v) is 14.3. The van der Waals surface area contributed by atoms with Crippen molar-refractivity contribution in [1.82, 2.24) is 15.1 Å². The van der Waals surface area contributed by atoms with Crippen LogP contribution in [0.15, 0.2) is 24.3 Å². The number of nitrogens with one attached hydrogen (secondary N) is 1. The molecule has 1 aliphatic carbocycles. The first kappa shape index (κ1) is 17.4. The summed E-state index contributed by atoms with van der Waals surface area (Å²) in [5.41, 5.74) is -0.175. The average molecular weight is 347 g/mol. The van der Waals surface area contributed by atoms with Crippen LogP contribution in [0, 0.1) is 11.2 Å². The molecule has 1 aromatic rings. The molecular formula is C18H22FN3O3. The summed E-state index contributed by atoms with van der Waals surface area (Å²) in [6.07, 6.45) is 1.10. The zero-order valence-electron chi connectivity index (χ0n) is 14.3. The first-order valence-corrected chi connectivity index (χ1v) is 8.50. The van der Waals surface area contributed by atoms with E-state index in [0.717, 1.165) is 5.56 Å². The molecule has 1 heterocycles. The fourth-order valence-electron chi connectivity index (χ4n) is 3.14. The molecule has 0 radical (unpaired) electrons. The first-order chi connectivity index (χ1) is 11.9. The first-order valence-electron chi connectivity index (χ1n) is 8.50. The normalized spacial score (nSPS) is 18.6. The quantitative estimate of drug-likeness (QED) is 0.823. The molecule has 0 spiro atoms. The van der Waals surface area contributed by atoms with E-state index in [1.165, 1.54) is 19.1 Å². The van der Waals surface area contributed by atoms with Gasteiger partial charge in [-0.15, -0.1) is 0 Å². The van der Waals surface area contributed by atoms with E-state index >= 15 is 0 Å². The molecule has 0 bridgehead atoms. The van der Waals surface area contributed by atoms with Crippen LogP contribution in [0.5, 0.6) is 0 Å². The van der Waals surface area contributed by atoms with E-state index in [9.17, 15) is 18.8 Å². The van der Waals surface area contributed by atoms with Gasteiger partial charge >= 0.3 is 0 Å². The van der Waals surface area contributed by atoms with E-state index in [0.29, 0.717) is 39.0 Å². The van der Waals surface area contributed by atoms with Gasteiger partial charge in [-0.05, 0) is 30.5 Å². The van der Waals surface area contributed by atoms with Gasteiger partial charge in [-0.25, -0.2) is 4.39 Å². The van der Waals surface area contributed by atoms with Crippen LogP contribution in [0.3, 0.4) is 0 Å². The van der Waals surface area contributed by atoms with Gasteiger partial charge < -0.3 is 15.1 Å². The van der Waals surface area contributed by atoms with Crippen LogP contribution in [-0.4, -0.2) is 53.7 Å². The number of amides is 3. The smallest absolute Gasteiger partial charge is 0.238 e. The molecule has 1 N–H and O–H groups in total. The topological polar surface area (TPSA) is 69.7 Å². The Morgan fingerprint density at radius 1 is 1.04 bits per heavy atom. The summed E-state index contributed by atoms with van der Waals surface area (Å²) in [6, 6.07) is 5.90. The molecular weight excluding hydrogens is 325 g/mol. The molecule has 2 aliphatic rings. The van der Waals surface area contributed by atoms with Gasteiger partial charge in [-0.3, -0.25) is 14.4 Å². The Bertz CT molecular complexity index is 677. The van der Waals surface area contributed by atoms with Crippen LogP contribution in [0.4, 0.5) is 4.39 Å². The van der Waals surface area contributed by atoms with Crippen LogP contribution in [0.2, 0.25) is 0 Å². The lowest BCUT2D eigenvalue weighted by atomic mass is 10.0. The third-order valence-electron chi connectivity index (χ3n) is 4.97. The number of piperazine rings is 1. The molecule has 1 aliphatic heterocycles. The third kappa shape index (κ3) is 3.65. The van der Waals surface area contributed by atoms with Crippen LogP contribution in [-0.2, 0) is 20.9 Å². The lowest BCUT2D eigenvalue weighted by molar-refractivity contribution is -0.147. The van der Waals surface area contributed by atoms with Gasteiger partial charge in [0.1, 0.15) is 11.2 Å². The number of carbonyl (C=O) groups is 3. The maximum Gasteiger partial charge on any atom is 0.238 e. The van der Waals surface area contributed by atoms with Crippen LogP contribution >= 0.6 is 0 Å². The maximum atomic E-state index is 12.9. The van der Waals surface area contributed by atoms with Crippen molar-refractivity contribution in [3.8, 4) is 0 Å². The second-order valence-electron chi connectivity index (χ2n) is 6.69. The average Bonchev–Trinajstić information content (AvgIpc) is 3.42. The Labute approximate surface area is 146 Å². The fourth-order valence-corrected chi connectivity index (χ4v) is 3.14. The van der Waals surface area contributed by atoms with Gasteiger partial charge in [-0.2, -0.15) is 0 Å². The Morgan fingerprint density at radius 3 is 2.12 bits per heavy atom. The maximum absolute atomic E-state index is 12.9. The standard InChI is InChI=1S/C18H22FN3O3/c1-13(23)21-8-10-22(11-9-21)17(25)18(6-7-18)16(24)20-12-14-2-4-15(19)5-3-14/h2-5H,6-12H2,1H3,(H,20,24). The highest BCUT2D eigenvalue weighted by molar-refractivity contribution is 6.07. The van der Waals surface area contributed by atoms with E-state index in [1.54, 1.807) is 21.9 Å². The van der Waals surface area contributed by atoms with Crippen molar-refractivity contribution < 1.29 is 18.8 Å². The molecule has 1 saturated heterocycles. The molecule has 1 saturated carbocycles. The predicted molar refractivity (Wildman–Crippen MR) is 88.7 cm³/mol. The van der Waals surface area contributed by atoms with E-state index in [2.05, 4.69) is 5.32 Å². The van der Waals surface area contributed by atoms with Crippen molar-refractivity contribution >= 4 is 17.7 Å². The summed E-state index contributed by atoms with van der Waals surface area (Å²) in [7, 11) is 0. The number of hydrogen-bond acceptors (Lipinski definition) is 3. The Kier molecular flexibility index (Phi) is 4.74. The Morgan fingerprint density at radius 2 is 1.60 bits per heavy atom. The van der Waals surface area contributed by atoms with Gasteiger partial charge in [-0.1, -0.05) is 12.1 Å². The molecule has 2 fully saturated rings. The van der Waals surface area contributed by atoms with Crippen molar-refractivity contribution in [3.05, 3.63) is 35.6 Å². The number of nitrogens with zero attached hydrogens (tertiary/aromatic N) is 2. The molecule has 3 amide bonds. The van der Waals surface area contributed by atoms with Gasteiger partial charge in [0.2, 0.25) is 17.7 Å². The summed E-state index contributed by atoms with van der Waals surface area (Å²) in [5, 5.41) is 2.79. The lowest BCUT2D eigenvalue weighted by Gasteiger charge is -2.35. The molecule has 1 aromatic carbocycles. The number of halogens is 1. The predicted octanol–water partition coefficient (Wildman–Crippen LogP) is 0.913. The molecule has 0 atom stereocenters. The second kappa shape index (κ2) is 6.82. The minimum absolute atomic E-state index is 0.00488. The van der Waals surface area contributed by atoms with Crippen molar-refractivity contribution in [2.75, 3.05) is 26.2 Å². The number of hydrogen-bond donors (Lipinski definition) is 1. The minimum Gasteiger partial charge on any atom is -0.351 e. The van der Waals surface area contributed by atoms with Crippen molar-refractivity contribution in [2.45, 2.75) is 26.3 Å². The Hall–Kier alpha value is -2.44. The minimum atomic E-state index is -0.960. The van der Waals surface area contributed by atoms with Gasteiger partial charge in [0, 0.05) is 39.6 Å². The highest BCUT2D eigenvalue weighted by Crippen LogP contribution is 2.47. The number of rotatable bonds is 4. The highest BCUT2D eigenvalue weighted by atomic mass is 19.1. The van der Waals surface area contributed by atoms with Crippen molar-refractivity contribution in [2.24, 2.45) is 5.41 Å². The molecule has 0 unspecified atom stereocenters. The highest BCUT2D eigenvalue weighted by Gasteiger charge is 2.58. The molecule has 134 valence electrons. The summed E-state index contributed by atoms with van der Waals surface area (Å²) < 4.78 is 12.9. The molecule has 25 heavy (non-hydrogen) atoms. The summed E-state index contributed by atoms with van der Waals surface area (Å²) >= 11 is 0. The van der Waals surface area contributed by atoms with Crippen LogP contribution in [0.1, 0.15) is 25.3 Å². The molecule has 7 heteroatoms. The van der Waals surface area contributed by atoms with E-state index in [-0.39, 0.29) is 30.1 Å². The van der Waals surface area contributed by atoms with E-state index in [1.807, 2.05) is 0 Å². The lowest BCUT2D eigenvalue weighted by Crippen LogP contribution is -2.54. The molecule has 6 nitrogen and oxygen atoms in total. The molecule has 0 aromatic heterocycles.